The number of alkyl halides is 1. The number of aromatic nitrogens is 1. The molecule has 0 spiro atoms. The minimum absolute atomic E-state index is 0.335. The van der Waals surface area contributed by atoms with Crippen LogP contribution >= 0.6 is 11.6 Å². The number of carbonyl (C=O) groups is 1. The molecule has 0 saturated heterocycles. The quantitative estimate of drug-likeness (QED) is 0.366. The zero-order chi connectivity index (χ0) is 10.9. The number of nitrogens with zero attached hydrogens (tertiary/aromatic N) is 2. The van der Waals surface area contributed by atoms with Crippen LogP contribution in [-0.4, -0.2) is 29.7 Å². The van der Waals surface area contributed by atoms with Crippen LogP contribution < -0.4 is 5.32 Å². The van der Waals surface area contributed by atoms with E-state index in [1.54, 1.807) is 24.5 Å². The summed E-state index contributed by atoms with van der Waals surface area (Å²) in [5.74, 6) is 0.335. The minimum Gasteiger partial charge on any atom is -0.318 e. The summed E-state index contributed by atoms with van der Waals surface area (Å²) < 4.78 is 0. The van der Waals surface area contributed by atoms with Crippen LogP contribution in [0.15, 0.2) is 29.7 Å². The van der Waals surface area contributed by atoms with Gasteiger partial charge in [0.2, 0.25) is 0 Å². The van der Waals surface area contributed by atoms with Gasteiger partial charge in [-0.1, -0.05) is 11.2 Å². The highest BCUT2D eigenvalue weighted by Crippen LogP contribution is 1.91. The Balaban J connectivity index is 2.31. The third kappa shape index (κ3) is 4.97. The zero-order valence-electron chi connectivity index (χ0n) is 7.89. The van der Waals surface area contributed by atoms with Crippen molar-refractivity contribution >= 4 is 23.9 Å². The molecule has 1 amide bonds. The van der Waals surface area contributed by atoms with Gasteiger partial charge in [-0.25, -0.2) is 4.79 Å². The third-order valence-corrected chi connectivity index (χ3v) is 1.57. The summed E-state index contributed by atoms with van der Waals surface area (Å²) in [5.41, 5.74) is 0.752. The highest BCUT2D eigenvalue weighted by molar-refractivity contribution is 6.18. The lowest BCUT2D eigenvalue weighted by atomic mass is 10.3. The summed E-state index contributed by atoms with van der Waals surface area (Å²) in [4.78, 5) is 19.2. The number of pyridine rings is 1. The first-order chi connectivity index (χ1) is 7.33. The van der Waals surface area contributed by atoms with Crippen LogP contribution in [-0.2, 0) is 4.84 Å². The first-order valence-corrected chi connectivity index (χ1v) is 4.80. The molecule has 0 bridgehead atoms. The van der Waals surface area contributed by atoms with Crippen molar-refractivity contribution in [3.63, 3.8) is 0 Å². The van der Waals surface area contributed by atoms with Gasteiger partial charge in [0.05, 0.1) is 6.21 Å². The van der Waals surface area contributed by atoms with Gasteiger partial charge in [-0.2, -0.15) is 0 Å². The van der Waals surface area contributed by atoms with Crippen molar-refractivity contribution in [1.82, 2.24) is 10.3 Å². The highest BCUT2D eigenvalue weighted by atomic mass is 35.5. The number of hydrogen-bond donors (Lipinski definition) is 1. The SMILES string of the molecule is O=C(NCCCl)O/N=C/c1cccnc1. The van der Waals surface area contributed by atoms with Crippen LogP contribution in [0.2, 0.25) is 0 Å². The highest BCUT2D eigenvalue weighted by Gasteiger charge is 1.97. The third-order valence-electron chi connectivity index (χ3n) is 1.39. The normalized spacial score (nSPS) is 10.2. The summed E-state index contributed by atoms with van der Waals surface area (Å²) in [5, 5.41) is 5.87. The Morgan fingerprint density at radius 3 is 3.27 bits per heavy atom. The summed E-state index contributed by atoms with van der Waals surface area (Å²) >= 11 is 5.36. The van der Waals surface area contributed by atoms with E-state index in [1.165, 1.54) is 6.21 Å². The van der Waals surface area contributed by atoms with E-state index in [-0.39, 0.29) is 0 Å². The Hall–Kier alpha value is -1.62. The standard InChI is InChI=1S/C9H10ClN3O2/c10-3-5-12-9(14)15-13-7-8-2-1-4-11-6-8/h1-2,4,6-7H,3,5H2,(H,12,14)/b13-7+. The van der Waals surface area contributed by atoms with Gasteiger partial charge < -0.3 is 5.32 Å². The van der Waals surface area contributed by atoms with Gasteiger partial charge in [0, 0.05) is 30.4 Å². The van der Waals surface area contributed by atoms with Crippen LogP contribution in [0.25, 0.3) is 0 Å². The molecule has 0 atom stereocenters. The van der Waals surface area contributed by atoms with Crippen LogP contribution in [0.1, 0.15) is 5.56 Å². The van der Waals surface area contributed by atoms with Crippen molar-refractivity contribution in [3.05, 3.63) is 30.1 Å². The number of amides is 1. The van der Waals surface area contributed by atoms with E-state index in [0.29, 0.717) is 12.4 Å². The minimum atomic E-state index is -0.629. The van der Waals surface area contributed by atoms with E-state index >= 15 is 0 Å². The van der Waals surface area contributed by atoms with E-state index in [0.717, 1.165) is 5.56 Å². The topological polar surface area (TPSA) is 63.6 Å². The van der Waals surface area contributed by atoms with Gasteiger partial charge in [-0.3, -0.25) is 9.82 Å². The average Bonchev–Trinajstić information content (AvgIpc) is 2.28. The number of rotatable bonds is 4. The largest absolute Gasteiger partial charge is 0.433 e. The van der Waals surface area contributed by atoms with Crippen LogP contribution in [0, 0.1) is 0 Å². The van der Waals surface area contributed by atoms with E-state index in [2.05, 4.69) is 20.3 Å². The first kappa shape index (κ1) is 11.5. The van der Waals surface area contributed by atoms with Crippen LogP contribution in [0.5, 0.6) is 0 Å². The molecule has 0 saturated carbocycles. The predicted octanol–water partition coefficient (Wildman–Crippen LogP) is 1.38. The lowest BCUT2D eigenvalue weighted by Crippen LogP contribution is -2.24. The predicted molar refractivity (Wildman–Crippen MR) is 57.0 cm³/mol. The van der Waals surface area contributed by atoms with Crippen molar-refractivity contribution in [3.8, 4) is 0 Å². The number of nitrogens with one attached hydrogen (secondary N) is 1. The maximum atomic E-state index is 10.9. The molecule has 1 N–H and O–H groups in total. The monoisotopic (exact) mass is 227 g/mol. The molecule has 1 heterocycles. The Morgan fingerprint density at radius 2 is 2.60 bits per heavy atom. The molecule has 0 fully saturated rings. The summed E-state index contributed by atoms with van der Waals surface area (Å²) in [6.07, 6.45) is 4.01. The average molecular weight is 228 g/mol. The number of carbonyl (C=O) groups excluding carboxylic acids is 1. The fraction of sp³-hybridized carbons (Fsp3) is 0.222. The number of oxime groups is 1. The van der Waals surface area contributed by atoms with Crippen molar-refractivity contribution < 1.29 is 9.63 Å². The molecule has 0 radical (unpaired) electrons. The molecule has 6 heteroatoms. The summed E-state index contributed by atoms with van der Waals surface area (Å²) in [6, 6.07) is 3.55. The zero-order valence-corrected chi connectivity index (χ0v) is 8.65. The molecule has 0 aliphatic rings. The molecule has 0 aliphatic heterocycles. The smallest absolute Gasteiger partial charge is 0.318 e. The van der Waals surface area contributed by atoms with Gasteiger partial charge in [0.15, 0.2) is 0 Å². The molecule has 15 heavy (non-hydrogen) atoms. The van der Waals surface area contributed by atoms with Crippen molar-refractivity contribution in [2.45, 2.75) is 0 Å². The fourth-order valence-electron chi connectivity index (χ4n) is 0.769. The summed E-state index contributed by atoms with van der Waals surface area (Å²) in [6.45, 7) is 0.350. The van der Waals surface area contributed by atoms with Crippen molar-refractivity contribution in [1.29, 1.82) is 0 Å². The molecular formula is C9H10ClN3O2. The van der Waals surface area contributed by atoms with Crippen molar-refractivity contribution in [2.75, 3.05) is 12.4 Å². The van der Waals surface area contributed by atoms with E-state index in [4.69, 9.17) is 11.6 Å². The maximum Gasteiger partial charge on any atom is 0.433 e. The molecule has 0 unspecified atom stereocenters. The van der Waals surface area contributed by atoms with Gasteiger partial charge in [-0.15, -0.1) is 11.6 Å². The Labute approximate surface area is 92.1 Å². The second kappa shape index (κ2) is 6.78. The second-order valence-electron chi connectivity index (χ2n) is 2.52. The molecule has 0 aliphatic carbocycles. The first-order valence-electron chi connectivity index (χ1n) is 4.27. The lowest BCUT2D eigenvalue weighted by Gasteiger charge is -1.97. The number of halogens is 1. The van der Waals surface area contributed by atoms with E-state index < -0.39 is 6.09 Å². The van der Waals surface area contributed by atoms with Gasteiger partial charge in [-0.05, 0) is 6.07 Å². The Morgan fingerprint density at radius 1 is 1.73 bits per heavy atom. The fourth-order valence-corrected chi connectivity index (χ4v) is 0.863. The molecule has 1 aromatic rings. The molecular weight excluding hydrogens is 218 g/mol. The number of hydrogen-bond acceptors (Lipinski definition) is 4. The summed E-state index contributed by atoms with van der Waals surface area (Å²) in [7, 11) is 0. The van der Waals surface area contributed by atoms with E-state index in [1.807, 2.05) is 0 Å². The van der Waals surface area contributed by atoms with Crippen molar-refractivity contribution in [2.24, 2.45) is 5.16 Å². The molecule has 80 valence electrons. The Bertz CT molecular complexity index is 329. The van der Waals surface area contributed by atoms with Gasteiger partial charge in [0.1, 0.15) is 0 Å². The van der Waals surface area contributed by atoms with Gasteiger partial charge in [0.25, 0.3) is 0 Å². The molecule has 5 nitrogen and oxygen atoms in total. The van der Waals surface area contributed by atoms with E-state index in [9.17, 15) is 4.79 Å². The Kier molecular flexibility index (Phi) is 5.18. The maximum absolute atomic E-state index is 10.9. The second-order valence-corrected chi connectivity index (χ2v) is 2.89. The van der Waals surface area contributed by atoms with Crippen LogP contribution in [0.3, 0.4) is 0 Å². The van der Waals surface area contributed by atoms with Crippen LogP contribution in [0.4, 0.5) is 4.79 Å². The molecule has 1 aromatic heterocycles. The lowest BCUT2D eigenvalue weighted by molar-refractivity contribution is 0.152. The molecule has 0 aromatic carbocycles. The van der Waals surface area contributed by atoms with Gasteiger partial charge >= 0.3 is 6.09 Å². The molecule has 1 rings (SSSR count).